The average Bonchev–Trinajstić information content (AvgIpc) is 2.84. The second kappa shape index (κ2) is 13.1. The highest BCUT2D eigenvalue weighted by molar-refractivity contribution is 6.35. The van der Waals surface area contributed by atoms with E-state index in [2.05, 4.69) is 34.6 Å². The van der Waals surface area contributed by atoms with Crippen LogP contribution in [0.15, 0.2) is 42.5 Å². The van der Waals surface area contributed by atoms with E-state index in [9.17, 15) is 9.59 Å². The number of nitrogens with one attached hydrogen (secondary N) is 2. The Labute approximate surface area is 217 Å². The number of carbonyl (C=O) groups excluding carboxylic acids is 2. The van der Waals surface area contributed by atoms with E-state index < -0.39 is 6.04 Å². The van der Waals surface area contributed by atoms with Crippen molar-refractivity contribution in [2.75, 3.05) is 44.8 Å². The van der Waals surface area contributed by atoms with Gasteiger partial charge in [-0.3, -0.25) is 9.59 Å². The van der Waals surface area contributed by atoms with Gasteiger partial charge in [0, 0.05) is 75.0 Å². The van der Waals surface area contributed by atoms with Gasteiger partial charge < -0.3 is 25.2 Å². The Morgan fingerprint density at radius 3 is 2.43 bits per heavy atom. The summed E-state index contributed by atoms with van der Waals surface area (Å²) in [6, 6.07) is 13.1. The normalized spacial score (nSPS) is 15.6. The van der Waals surface area contributed by atoms with Crippen LogP contribution in [0.4, 0.5) is 5.69 Å². The van der Waals surface area contributed by atoms with E-state index >= 15 is 0 Å². The minimum Gasteiger partial charge on any atom is -0.383 e. The van der Waals surface area contributed by atoms with Crippen molar-refractivity contribution >= 4 is 40.7 Å². The van der Waals surface area contributed by atoms with Crippen LogP contribution < -0.4 is 15.5 Å². The monoisotopic (exact) mass is 520 g/mol. The zero-order valence-corrected chi connectivity index (χ0v) is 22.0. The van der Waals surface area contributed by atoms with E-state index in [0.29, 0.717) is 49.3 Å². The summed E-state index contributed by atoms with van der Waals surface area (Å²) >= 11 is 12.3. The minimum atomic E-state index is -0.684. The zero-order chi connectivity index (χ0) is 25.4. The van der Waals surface area contributed by atoms with Gasteiger partial charge in [0.1, 0.15) is 6.04 Å². The Hall–Kier alpha value is -2.32. The number of benzene rings is 2. The molecule has 0 aliphatic carbocycles. The molecule has 0 bridgehead atoms. The Kier molecular flexibility index (Phi) is 10.2. The summed E-state index contributed by atoms with van der Waals surface area (Å²) in [5.41, 5.74) is 3.15. The summed E-state index contributed by atoms with van der Waals surface area (Å²) in [6.07, 6.45) is 0.308. The average molecular weight is 521 g/mol. The number of rotatable bonds is 10. The van der Waals surface area contributed by atoms with E-state index in [4.69, 9.17) is 27.9 Å². The molecule has 2 aromatic carbocycles. The lowest BCUT2D eigenvalue weighted by molar-refractivity contribution is -0.136. The predicted molar refractivity (Wildman–Crippen MR) is 141 cm³/mol. The first-order valence-corrected chi connectivity index (χ1v) is 12.6. The first-order valence-electron chi connectivity index (χ1n) is 11.8. The maximum Gasteiger partial charge on any atom is 0.245 e. The lowest BCUT2D eigenvalue weighted by Gasteiger charge is -2.38. The highest BCUT2D eigenvalue weighted by atomic mass is 35.5. The molecule has 9 heteroatoms. The van der Waals surface area contributed by atoms with Gasteiger partial charge in [0.05, 0.1) is 6.61 Å². The van der Waals surface area contributed by atoms with Crippen molar-refractivity contribution in [3.8, 4) is 0 Å². The number of carbonyl (C=O) groups is 2. The molecule has 7 nitrogen and oxygen atoms in total. The molecule has 0 radical (unpaired) electrons. The van der Waals surface area contributed by atoms with E-state index in [1.807, 2.05) is 17.0 Å². The van der Waals surface area contributed by atoms with Gasteiger partial charge in [0.15, 0.2) is 0 Å². The van der Waals surface area contributed by atoms with E-state index in [-0.39, 0.29) is 17.9 Å². The molecule has 1 saturated heterocycles. The van der Waals surface area contributed by atoms with Crippen LogP contribution in [-0.4, -0.2) is 68.7 Å². The second-order valence-corrected chi connectivity index (χ2v) is 9.71. The molecule has 1 heterocycles. The van der Waals surface area contributed by atoms with Gasteiger partial charge in [-0.2, -0.15) is 0 Å². The second-order valence-electron chi connectivity index (χ2n) is 8.87. The van der Waals surface area contributed by atoms with Crippen LogP contribution in [0.1, 0.15) is 25.0 Å². The van der Waals surface area contributed by atoms with Gasteiger partial charge in [-0.15, -0.1) is 0 Å². The van der Waals surface area contributed by atoms with E-state index in [1.54, 1.807) is 25.3 Å². The predicted octanol–water partition coefficient (Wildman–Crippen LogP) is 3.51. The quantitative estimate of drug-likeness (QED) is 0.501. The molecule has 2 atom stereocenters. The van der Waals surface area contributed by atoms with Gasteiger partial charge in [0.2, 0.25) is 11.8 Å². The Bertz CT molecular complexity index is 1010. The largest absolute Gasteiger partial charge is 0.383 e. The summed E-state index contributed by atoms with van der Waals surface area (Å²) < 4.78 is 5.22. The third-order valence-electron chi connectivity index (χ3n) is 6.10. The number of halogens is 2. The number of ether oxygens (including phenoxy) is 1. The SMILES string of the molecule is COC[C@H](C)NCc1ccccc1N1CCN(C(=O)[C@@H](Cc2ccc(Cl)cc2Cl)NC(C)=O)CC1. The number of para-hydroxylation sites is 1. The Morgan fingerprint density at radius 1 is 1.06 bits per heavy atom. The smallest absolute Gasteiger partial charge is 0.245 e. The number of amides is 2. The van der Waals surface area contributed by atoms with Crippen LogP contribution in [-0.2, 0) is 27.3 Å². The van der Waals surface area contributed by atoms with Gasteiger partial charge in [-0.25, -0.2) is 0 Å². The summed E-state index contributed by atoms with van der Waals surface area (Å²) in [4.78, 5) is 29.3. The molecule has 190 valence electrons. The van der Waals surface area contributed by atoms with Crippen molar-refractivity contribution in [2.45, 2.75) is 38.9 Å². The minimum absolute atomic E-state index is 0.103. The van der Waals surface area contributed by atoms with Gasteiger partial charge in [-0.05, 0) is 36.2 Å². The molecule has 3 rings (SSSR count). The topological polar surface area (TPSA) is 73.9 Å². The van der Waals surface area contributed by atoms with Crippen LogP contribution in [0.25, 0.3) is 0 Å². The summed E-state index contributed by atoms with van der Waals surface area (Å²) in [6.45, 7) is 7.48. The molecule has 0 spiro atoms. The summed E-state index contributed by atoms with van der Waals surface area (Å²) in [5, 5.41) is 7.31. The number of piperazine rings is 1. The molecule has 0 unspecified atom stereocenters. The van der Waals surface area contributed by atoms with Crippen molar-refractivity contribution < 1.29 is 14.3 Å². The molecule has 2 aromatic rings. The van der Waals surface area contributed by atoms with Crippen LogP contribution in [0.5, 0.6) is 0 Å². The maximum atomic E-state index is 13.4. The van der Waals surface area contributed by atoms with Crippen molar-refractivity contribution in [3.63, 3.8) is 0 Å². The molecule has 1 fully saturated rings. The van der Waals surface area contributed by atoms with Crippen molar-refractivity contribution in [2.24, 2.45) is 0 Å². The fourth-order valence-corrected chi connectivity index (χ4v) is 4.79. The zero-order valence-electron chi connectivity index (χ0n) is 20.5. The number of nitrogens with zero attached hydrogens (tertiary/aromatic N) is 2. The van der Waals surface area contributed by atoms with Crippen molar-refractivity contribution in [1.82, 2.24) is 15.5 Å². The molecule has 1 aliphatic rings. The van der Waals surface area contributed by atoms with Crippen LogP contribution in [0.3, 0.4) is 0 Å². The first-order chi connectivity index (χ1) is 16.8. The first kappa shape index (κ1) is 27.3. The molecule has 1 aliphatic heterocycles. The van der Waals surface area contributed by atoms with Crippen molar-refractivity contribution in [1.29, 1.82) is 0 Å². The maximum absolute atomic E-state index is 13.4. The number of hydrogen-bond acceptors (Lipinski definition) is 5. The molecule has 35 heavy (non-hydrogen) atoms. The van der Waals surface area contributed by atoms with Crippen LogP contribution in [0, 0.1) is 0 Å². The lowest BCUT2D eigenvalue weighted by atomic mass is 10.0. The standard InChI is InChI=1S/C26H34Cl2N4O3/c1-18(17-35-3)29-16-21-6-4-5-7-25(21)31-10-12-32(13-11-31)26(34)24(30-19(2)33)14-20-8-9-22(27)15-23(20)28/h4-9,15,18,24,29H,10-14,16-17H2,1-3H3,(H,30,33)/t18-,24+/m0/s1. The Balaban J connectivity index is 1.64. The van der Waals surface area contributed by atoms with E-state index in [0.717, 1.165) is 12.1 Å². The number of methoxy groups -OCH3 is 1. The Morgan fingerprint density at radius 2 is 1.77 bits per heavy atom. The molecule has 0 saturated carbocycles. The van der Waals surface area contributed by atoms with Crippen molar-refractivity contribution in [3.05, 3.63) is 63.6 Å². The molecule has 0 aromatic heterocycles. The van der Waals surface area contributed by atoms with Gasteiger partial charge >= 0.3 is 0 Å². The molecule has 2 N–H and O–H groups in total. The summed E-state index contributed by atoms with van der Waals surface area (Å²) in [7, 11) is 1.70. The molecule has 2 amide bonds. The fraction of sp³-hybridized carbons (Fsp3) is 0.462. The molecular weight excluding hydrogens is 487 g/mol. The highest BCUT2D eigenvalue weighted by Crippen LogP contribution is 2.24. The van der Waals surface area contributed by atoms with Gasteiger partial charge in [-0.1, -0.05) is 47.5 Å². The van der Waals surface area contributed by atoms with Crippen LogP contribution >= 0.6 is 23.2 Å². The van der Waals surface area contributed by atoms with E-state index in [1.165, 1.54) is 18.2 Å². The third-order valence-corrected chi connectivity index (χ3v) is 6.68. The van der Waals surface area contributed by atoms with Crippen LogP contribution in [0.2, 0.25) is 10.0 Å². The third kappa shape index (κ3) is 7.84. The fourth-order valence-electron chi connectivity index (χ4n) is 4.30. The highest BCUT2D eigenvalue weighted by Gasteiger charge is 2.29. The summed E-state index contributed by atoms with van der Waals surface area (Å²) in [5.74, 6) is -0.356. The number of hydrogen-bond donors (Lipinski definition) is 2. The molecular formula is C26H34Cl2N4O3. The number of anilines is 1. The lowest BCUT2D eigenvalue weighted by Crippen LogP contribution is -2.55. The van der Waals surface area contributed by atoms with Gasteiger partial charge in [0.25, 0.3) is 0 Å².